The topological polar surface area (TPSA) is 81.7 Å². The van der Waals surface area contributed by atoms with E-state index >= 15 is 0 Å². The van der Waals surface area contributed by atoms with E-state index in [9.17, 15) is 14.7 Å². The normalized spacial score (nSPS) is 22.5. The number of likely N-dealkylation sites (N-methyl/N-ethyl adjacent to an activating group) is 1. The molecule has 0 heterocycles. The molecule has 6 nitrogen and oxygen atoms in total. The van der Waals surface area contributed by atoms with Crippen LogP contribution < -0.4 is 10.6 Å². The molecule has 0 radical (unpaired) electrons. The van der Waals surface area contributed by atoms with Crippen molar-refractivity contribution in [3.8, 4) is 0 Å². The zero-order valence-corrected chi connectivity index (χ0v) is 16.7. The van der Waals surface area contributed by atoms with E-state index in [1.54, 1.807) is 0 Å². The molecule has 150 valence electrons. The number of rotatable bonds is 8. The van der Waals surface area contributed by atoms with Crippen molar-refractivity contribution in [1.82, 2.24) is 15.5 Å². The van der Waals surface area contributed by atoms with Crippen LogP contribution in [0.25, 0.3) is 0 Å². The monoisotopic (exact) mass is 375 g/mol. The molecule has 0 saturated heterocycles. The average Bonchev–Trinajstić information content (AvgIpc) is 2.62. The van der Waals surface area contributed by atoms with Gasteiger partial charge in [-0.05, 0) is 52.3 Å². The summed E-state index contributed by atoms with van der Waals surface area (Å²) in [7, 11) is 3.93. The maximum Gasteiger partial charge on any atom is 0.223 e. The minimum absolute atomic E-state index is 0.0163. The fourth-order valence-corrected chi connectivity index (χ4v) is 3.39. The van der Waals surface area contributed by atoms with Gasteiger partial charge >= 0.3 is 0 Å². The third kappa shape index (κ3) is 7.31. The smallest absolute Gasteiger partial charge is 0.223 e. The average molecular weight is 376 g/mol. The van der Waals surface area contributed by atoms with Gasteiger partial charge in [0.25, 0.3) is 0 Å². The number of carbonyl (C=O) groups excluding carboxylic acids is 2. The molecule has 2 rings (SSSR count). The highest BCUT2D eigenvalue weighted by Crippen LogP contribution is 2.25. The standard InChI is InChI=1S/C21H33N3O3/c1-15-4-6-16(7-5-15)8-11-20(26)23-18-14-17(9-10-19(18)25)21(27)22-12-13-24(2)3/h4-7,17-19,25H,8-14H2,1-3H3,(H,22,27)(H,23,26)/t17-,18+,19+/m0/s1. The van der Waals surface area contributed by atoms with Gasteiger partial charge in [-0.2, -0.15) is 0 Å². The molecule has 1 aliphatic rings. The maximum absolute atomic E-state index is 12.3. The van der Waals surface area contributed by atoms with Gasteiger partial charge in [-0.15, -0.1) is 0 Å². The van der Waals surface area contributed by atoms with Crippen LogP contribution in [0.4, 0.5) is 0 Å². The number of amides is 2. The van der Waals surface area contributed by atoms with Gasteiger partial charge in [0.15, 0.2) is 0 Å². The molecule has 0 spiro atoms. The Bertz CT molecular complexity index is 616. The van der Waals surface area contributed by atoms with E-state index in [4.69, 9.17) is 0 Å². The Balaban J connectivity index is 1.78. The van der Waals surface area contributed by atoms with Crippen LogP contribution in [0, 0.1) is 12.8 Å². The van der Waals surface area contributed by atoms with E-state index in [2.05, 4.69) is 10.6 Å². The first kappa shape index (κ1) is 21.4. The van der Waals surface area contributed by atoms with Gasteiger partial charge < -0.3 is 20.6 Å². The number of carbonyl (C=O) groups is 2. The molecular formula is C21H33N3O3. The van der Waals surface area contributed by atoms with E-state index in [1.807, 2.05) is 50.2 Å². The van der Waals surface area contributed by atoms with E-state index in [1.165, 1.54) is 5.56 Å². The SMILES string of the molecule is Cc1ccc(CCC(=O)N[C@@H]2C[C@@H](C(=O)NCCN(C)C)CC[C@H]2O)cc1. The lowest BCUT2D eigenvalue weighted by Gasteiger charge is -2.33. The molecule has 0 aliphatic heterocycles. The molecular weight excluding hydrogens is 342 g/mol. The van der Waals surface area contributed by atoms with E-state index in [0.717, 1.165) is 12.1 Å². The second-order valence-corrected chi connectivity index (χ2v) is 7.83. The van der Waals surface area contributed by atoms with Crippen LogP contribution in [-0.4, -0.2) is 61.2 Å². The predicted molar refractivity (Wildman–Crippen MR) is 106 cm³/mol. The van der Waals surface area contributed by atoms with Crippen molar-refractivity contribution in [3.05, 3.63) is 35.4 Å². The maximum atomic E-state index is 12.3. The molecule has 1 aromatic rings. The Hall–Kier alpha value is -1.92. The Morgan fingerprint density at radius 1 is 1.19 bits per heavy atom. The Kier molecular flexibility index (Phi) is 8.25. The molecule has 1 saturated carbocycles. The number of aryl methyl sites for hydroxylation is 2. The van der Waals surface area contributed by atoms with Crippen LogP contribution in [0.15, 0.2) is 24.3 Å². The largest absolute Gasteiger partial charge is 0.391 e. The first-order valence-electron chi connectivity index (χ1n) is 9.80. The summed E-state index contributed by atoms with van der Waals surface area (Å²) in [6.45, 7) is 3.44. The zero-order chi connectivity index (χ0) is 19.8. The summed E-state index contributed by atoms with van der Waals surface area (Å²) in [4.78, 5) is 26.6. The van der Waals surface area contributed by atoms with Crippen LogP contribution in [0.1, 0.15) is 36.8 Å². The molecule has 1 fully saturated rings. The molecule has 1 aliphatic carbocycles. The fourth-order valence-electron chi connectivity index (χ4n) is 3.39. The third-order valence-corrected chi connectivity index (χ3v) is 5.15. The lowest BCUT2D eigenvalue weighted by molar-refractivity contribution is -0.129. The van der Waals surface area contributed by atoms with Crippen molar-refractivity contribution >= 4 is 11.8 Å². The second kappa shape index (κ2) is 10.4. The summed E-state index contributed by atoms with van der Waals surface area (Å²) >= 11 is 0. The third-order valence-electron chi connectivity index (χ3n) is 5.15. The number of aliphatic hydroxyl groups excluding tert-OH is 1. The highest BCUT2D eigenvalue weighted by Gasteiger charge is 2.33. The molecule has 0 bridgehead atoms. The van der Waals surface area contributed by atoms with Crippen LogP contribution in [0.3, 0.4) is 0 Å². The minimum atomic E-state index is -0.584. The predicted octanol–water partition coefficient (Wildman–Crippen LogP) is 1.25. The van der Waals surface area contributed by atoms with Gasteiger partial charge in [0.05, 0.1) is 12.1 Å². The number of benzene rings is 1. The van der Waals surface area contributed by atoms with Gasteiger partial charge in [-0.1, -0.05) is 29.8 Å². The van der Waals surface area contributed by atoms with Crippen LogP contribution in [0.2, 0.25) is 0 Å². The second-order valence-electron chi connectivity index (χ2n) is 7.83. The number of aliphatic hydroxyl groups is 1. The lowest BCUT2D eigenvalue weighted by atomic mass is 9.83. The van der Waals surface area contributed by atoms with Gasteiger partial charge in [-0.25, -0.2) is 0 Å². The van der Waals surface area contributed by atoms with Crippen LogP contribution in [0.5, 0.6) is 0 Å². The molecule has 27 heavy (non-hydrogen) atoms. The molecule has 6 heteroatoms. The highest BCUT2D eigenvalue weighted by atomic mass is 16.3. The number of hydrogen-bond donors (Lipinski definition) is 3. The Morgan fingerprint density at radius 2 is 1.89 bits per heavy atom. The highest BCUT2D eigenvalue weighted by molar-refractivity contribution is 5.79. The first-order valence-corrected chi connectivity index (χ1v) is 9.80. The molecule has 1 aromatic carbocycles. The summed E-state index contributed by atoms with van der Waals surface area (Å²) < 4.78 is 0. The van der Waals surface area contributed by atoms with Crippen molar-refractivity contribution in [2.24, 2.45) is 5.92 Å². The summed E-state index contributed by atoms with van der Waals surface area (Å²) in [5, 5.41) is 16.1. The van der Waals surface area contributed by atoms with Crippen LogP contribution in [-0.2, 0) is 16.0 Å². The van der Waals surface area contributed by atoms with Gasteiger partial charge in [0.2, 0.25) is 11.8 Å². The van der Waals surface area contributed by atoms with Crippen molar-refractivity contribution in [1.29, 1.82) is 0 Å². The van der Waals surface area contributed by atoms with Crippen molar-refractivity contribution in [2.45, 2.75) is 51.2 Å². The van der Waals surface area contributed by atoms with E-state index < -0.39 is 6.10 Å². The quantitative estimate of drug-likeness (QED) is 0.639. The molecule has 0 unspecified atom stereocenters. The summed E-state index contributed by atoms with van der Waals surface area (Å²) in [6.07, 6.45) is 2.15. The number of nitrogens with one attached hydrogen (secondary N) is 2. The van der Waals surface area contributed by atoms with Gasteiger partial charge in [0, 0.05) is 25.4 Å². The summed E-state index contributed by atoms with van der Waals surface area (Å²) in [5.74, 6) is -0.214. The molecule has 3 N–H and O–H groups in total. The minimum Gasteiger partial charge on any atom is -0.391 e. The number of nitrogens with zero attached hydrogens (tertiary/aromatic N) is 1. The molecule has 3 atom stereocenters. The van der Waals surface area contributed by atoms with Crippen LogP contribution >= 0.6 is 0 Å². The van der Waals surface area contributed by atoms with E-state index in [-0.39, 0.29) is 23.8 Å². The lowest BCUT2D eigenvalue weighted by Crippen LogP contribution is -2.49. The van der Waals surface area contributed by atoms with Gasteiger partial charge in [0.1, 0.15) is 0 Å². The first-order chi connectivity index (χ1) is 12.8. The molecule has 2 amide bonds. The fraction of sp³-hybridized carbons (Fsp3) is 0.619. The zero-order valence-electron chi connectivity index (χ0n) is 16.7. The Morgan fingerprint density at radius 3 is 2.56 bits per heavy atom. The molecule has 0 aromatic heterocycles. The van der Waals surface area contributed by atoms with E-state index in [0.29, 0.717) is 38.6 Å². The van der Waals surface area contributed by atoms with Crippen molar-refractivity contribution in [3.63, 3.8) is 0 Å². The van der Waals surface area contributed by atoms with Crippen molar-refractivity contribution < 1.29 is 14.7 Å². The summed E-state index contributed by atoms with van der Waals surface area (Å²) in [6, 6.07) is 7.79. The van der Waals surface area contributed by atoms with Crippen molar-refractivity contribution in [2.75, 3.05) is 27.2 Å². The Labute approximate surface area is 162 Å². The summed E-state index contributed by atoms with van der Waals surface area (Å²) in [5.41, 5.74) is 2.32. The van der Waals surface area contributed by atoms with Gasteiger partial charge in [-0.3, -0.25) is 9.59 Å². The number of hydrogen-bond acceptors (Lipinski definition) is 4.